The number of carbonyl (C=O) groups excluding carboxylic acids is 1. The Hall–Kier alpha value is -0.850. The highest BCUT2D eigenvalue weighted by atomic mass is 16.1. The standard InChI is InChI=1S/C30H48O/c1-20(2)10-9-11-21(3)22-14-18-29(7)23-12-13-25-27(4,5)17-16-26(31)30(25,8)24(23)15-19-28(22,29)6/h12,16-17,20-22,24-25H,9-11,13-15,18-19H2,1-8H3/t21-,22-,24+,25-,28-,29+,30+/m0/s1. The second-order valence-electron chi connectivity index (χ2n) is 13.5. The predicted octanol–water partition coefficient (Wildman–Crippen LogP) is 8.40. The van der Waals surface area contributed by atoms with E-state index in [0.717, 1.165) is 24.2 Å². The third kappa shape index (κ3) is 3.26. The van der Waals surface area contributed by atoms with Crippen LogP contribution in [-0.2, 0) is 4.79 Å². The maximum Gasteiger partial charge on any atom is 0.162 e. The van der Waals surface area contributed by atoms with Crippen LogP contribution in [0.1, 0.15) is 107 Å². The molecule has 4 aliphatic rings. The predicted molar refractivity (Wildman–Crippen MR) is 132 cm³/mol. The smallest absolute Gasteiger partial charge is 0.162 e. The molecule has 0 saturated heterocycles. The highest BCUT2D eigenvalue weighted by molar-refractivity contribution is 5.97. The Labute approximate surface area is 192 Å². The zero-order chi connectivity index (χ0) is 22.8. The molecule has 0 amide bonds. The van der Waals surface area contributed by atoms with Crippen molar-refractivity contribution < 1.29 is 4.79 Å². The van der Waals surface area contributed by atoms with Gasteiger partial charge in [-0.05, 0) is 84.0 Å². The molecule has 4 rings (SSSR count). The van der Waals surface area contributed by atoms with Gasteiger partial charge in [-0.3, -0.25) is 4.79 Å². The van der Waals surface area contributed by atoms with Crippen LogP contribution >= 0.6 is 0 Å². The first-order valence-electron chi connectivity index (χ1n) is 13.3. The summed E-state index contributed by atoms with van der Waals surface area (Å²) in [5.41, 5.74) is 2.23. The number of hydrogen-bond donors (Lipinski definition) is 0. The van der Waals surface area contributed by atoms with E-state index in [1.165, 1.54) is 44.9 Å². The third-order valence-corrected chi connectivity index (χ3v) is 11.2. The summed E-state index contributed by atoms with van der Waals surface area (Å²) in [6, 6.07) is 0. The van der Waals surface area contributed by atoms with Crippen LogP contribution in [-0.4, -0.2) is 5.78 Å². The van der Waals surface area contributed by atoms with E-state index in [1.807, 2.05) is 6.08 Å². The largest absolute Gasteiger partial charge is 0.294 e. The molecule has 1 heteroatoms. The molecule has 0 spiro atoms. The third-order valence-electron chi connectivity index (χ3n) is 11.2. The van der Waals surface area contributed by atoms with E-state index in [2.05, 4.69) is 67.5 Å². The number of allylic oxidation sites excluding steroid dienone is 4. The monoisotopic (exact) mass is 424 g/mol. The first kappa shape index (κ1) is 23.3. The van der Waals surface area contributed by atoms with Crippen LogP contribution in [0.25, 0.3) is 0 Å². The van der Waals surface area contributed by atoms with E-state index in [-0.39, 0.29) is 16.2 Å². The molecular weight excluding hydrogens is 376 g/mol. The number of fused-ring (bicyclic) bond motifs is 5. The van der Waals surface area contributed by atoms with Crippen molar-refractivity contribution in [1.82, 2.24) is 0 Å². The molecule has 2 saturated carbocycles. The molecule has 174 valence electrons. The van der Waals surface area contributed by atoms with Gasteiger partial charge >= 0.3 is 0 Å². The molecule has 7 atom stereocenters. The van der Waals surface area contributed by atoms with Crippen LogP contribution in [0.2, 0.25) is 0 Å². The van der Waals surface area contributed by atoms with Crippen LogP contribution in [0.15, 0.2) is 23.8 Å². The molecule has 1 nitrogen and oxygen atoms in total. The number of carbonyl (C=O) groups is 1. The molecular formula is C30H48O. The van der Waals surface area contributed by atoms with E-state index < -0.39 is 0 Å². The van der Waals surface area contributed by atoms with E-state index in [9.17, 15) is 4.79 Å². The van der Waals surface area contributed by atoms with Gasteiger partial charge in [0.1, 0.15) is 0 Å². The van der Waals surface area contributed by atoms with Crippen molar-refractivity contribution >= 4 is 5.78 Å². The Kier molecular flexibility index (Phi) is 5.71. The maximum atomic E-state index is 13.4. The van der Waals surface area contributed by atoms with Gasteiger partial charge in [0.15, 0.2) is 5.78 Å². The highest BCUT2D eigenvalue weighted by Crippen LogP contribution is 2.72. The highest BCUT2D eigenvalue weighted by Gasteiger charge is 2.65. The quantitative estimate of drug-likeness (QED) is 0.405. The summed E-state index contributed by atoms with van der Waals surface area (Å²) in [6.45, 7) is 19.5. The minimum atomic E-state index is -0.215. The summed E-state index contributed by atoms with van der Waals surface area (Å²) in [5.74, 6) is 3.74. The molecule has 0 aromatic carbocycles. The number of rotatable bonds is 5. The van der Waals surface area contributed by atoms with Crippen molar-refractivity contribution in [2.24, 2.45) is 51.2 Å². The molecule has 0 unspecified atom stereocenters. The van der Waals surface area contributed by atoms with E-state index in [0.29, 0.717) is 23.0 Å². The van der Waals surface area contributed by atoms with Crippen LogP contribution < -0.4 is 0 Å². The Morgan fingerprint density at radius 2 is 1.71 bits per heavy atom. The van der Waals surface area contributed by atoms with Gasteiger partial charge in [0, 0.05) is 5.41 Å². The lowest BCUT2D eigenvalue weighted by Gasteiger charge is -2.61. The number of ketones is 1. The summed E-state index contributed by atoms with van der Waals surface area (Å²) < 4.78 is 0. The van der Waals surface area contributed by atoms with Gasteiger partial charge in [0.25, 0.3) is 0 Å². The van der Waals surface area contributed by atoms with Crippen molar-refractivity contribution in [3.05, 3.63) is 23.8 Å². The maximum absolute atomic E-state index is 13.4. The average Bonchev–Trinajstić information content (AvgIpc) is 2.96. The molecule has 0 radical (unpaired) electrons. The van der Waals surface area contributed by atoms with Crippen molar-refractivity contribution in [2.45, 2.75) is 107 Å². The van der Waals surface area contributed by atoms with E-state index in [1.54, 1.807) is 5.57 Å². The van der Waals surface area contributed by atoms with Crippen molar-refractivity contribution in [2.75, 3.05) is 0 Å². The fraction of sp³-hybridized carbons (Fsp3) is 0.833. The summed E-state index contributed by atoms with van der Waals surface area (Å²) >= 11 is 0. The second-order valence-corrected chi connectivity index (χ2v) is 13.5. The lowest BCUT2D eigenvalue weighted by atomic mass is 9.42. The van der Waals surface area contributed by atoms with Crippen molar-refractivity contribution in [3.63, 3.8) is 0 Å². The minimum absolute atomic E-state index is 0.107. The molecule has 4 aliphatic carbocycles. The van der Waals surface area contributed by atoms with Crippen molar-refractivity contribution in [1.29, 1.82) is 0 Å². The van der Waals surface area contributed by atoms with E-state index in [4.69, 9.17) is 0 Å². The lowest BCUT2D eigenvalue weighted by molar-refractivity contribution is -0.138. The van der Waals surface area contributed by atoms with Gasteiger partial charge in [-0.25, -0.2) is 0 Å². The molecule has 0 bridgehead atoms. The Morgan fingerprint density at radius 3 is 2.39 bits per heavy atom. The van der Waals surface area contributed by atoms with Crippen LogP contribution in [0.4, 0.5) is 0 Å². The topological polar surface area (TPSA) is 17.1 Å². The molecule has 2 fully saturated rings. The summed E-state index contributed by atoms with van der Waals surface area (Å²) in [7, 11) is 0. The van der Waals surface area contributed by atoms with Crippen LogP contribution in [0, 0.1) is 51.2 Å². The van der Waals surface area contributed by atoms with Crippen LogP contribution in [0.3, 0.4) is 0 Å². The Bertz CT molecular complexity index is 784. The lowest BCUT2D eigenvalue weighted by Crippen LogP contribution is -2.57. The van der Waals surface area contributed by atoms with Gasteiger partial charge in [-0.1, -0.05) is 92.4 Å². The Morgan fingerprint density at radius 1 is 1.00 bits per heavy atom. The molecule has 0 aromatic heterocycles. The minimum Gasteiger partial charge on any atom is -0.294 e. The zero-order valence-electron chi connectivity index (χ0n) is 21.7. The molecule has 0 aliphatic heterocycles. The fourth-order valence-corrected chi connectivity index (χ4v) is 9.07. The van der Waals surface area contributed by atoms with Gasteiger partial charge in [-0.15, -0.1) is 0 Å². The van der Waals surface area contributed by atoms with E-state index >= 15 is 0 Å². The fourth-order valence-electron chi connectivity index (χ4n) is 9.07. The summed E-state index contributed by atoms with van der Waals surface area (Å²) in [6.07, 6.45) is 17.2. The van der Waals surface area contributed by atoms with Crippen molar-refractivity contribution in [3.8, 4) is 0 Å². The zero-order valence-corrected chi connectivity index (χ0v) is 21.7. The van der Waals surface area contributed by atoms with Crippen LogP contribution in [0.5, 0.6) is 0 Å². The first-order chi connectivity index (χ1) is 14.4. The first-order valence-corrected chi connectivity index (χ1v) is 13.3. The molecule has 31 heavy (non-hydrogen) atoms. The van der Waals surface area contributed by atoms with Gasteiger partial charge in [-0.2, -0.15) is 0 Å². The van der Waals surface area contributed by atoms with Gasteiger partial charge in [0.05, 0.1) is 0 Å². The average molecular weight is 425 g/mol. The molecule has 0 heterocycles. The summed E-state index contributed by atoms with van der Waals surface area (Å²) in [5, 5.41) is 0. The SMILES string of the molecule is CC(C)CCC[C@H](C)[C@@H]1CC[C@]2(C)C3=CC[C@H]4C(C)(C)C=CC(=O)[C@]4(C)[C@@H]3CC[C@@]12C. The summed E-state index contributed by atoms with van der Waals surface area (Å²) in [4.78, 5) is 13.4. The normalized spacial score (nSPS) is 44.5. The Balaban J connectivity index is 1.63. The number of hydrogen-bond acceptors (Lipinski definition) is 1. The van der Waals surface area contributed by atoms with Gasteiger partial charge < -0.3 is 0 Å². The molecule has 0 N–H and O–H groups in total. The second kappa shape index (κ2) is 7.59. The molecule has 0 aromatic rings. The van der Waals surface area contributed by atoms with Gasteiger partial charge in [0.2, 0.25) is 0 Å².